The first-order chi connectivity index (χ1) is 19.3. The highest BCUT2D eigenvalue weighted by atomic mass is 19.4. The van der Waals surface area contributed by atoms with Crippen molar-refractivity contribution in [1.29, 1.82) is 0 Å². The fourth-order valence-corrected chi connectivity index (χ4v) is 6.61. The van der Waals surface area contributed by atoms with Gasteiger partial charge in [0.1, 0.15) is 0 Å². The molecule has 0 saturated heterocycles. The number of carbonyl (C=O) groups is 3. The minimum absolute atomic E-state index is 0.358. The van der Waals surface area contributed by atoms with Crippen LogP contribution >= 0.6 is 0 Å². The lowest BCUT2D eigenvalue weighted by atomic mass is 9.74. The highest BCUT2D eigenvalue weighted by molar-refractivity contribution is 6.22. The van der Waals surface area contributed by atoms with Crippen LogP contribution in [0.15, 0.2) is 84.2 Å². The van der Waals surface area contributed by atoms with Gasteiger partial charge in [-0.2, -0.15) is 26.3 Å². The third-order valence-corrected chi connectivity index (χ3v) is 8.55. The number of hydrogen-bond donors (Lipinski definition) is 0. The molecular formula is C31H30F6N2O3. The highest BCUT2D eigenvalue weighted by Crippen LogP contribution is 2.84. The van der Waals surface area contributed by atoms with Gasteiger partial charge in [-0.15, -0.1) is 0 Å². The van der Waals surface area contributed by atoms with Gasteiger partial charge < -0.3 is 9.80 Å². The van der Waals surface area contributed by atoms with Crippen LogP contribution in [0.1, 0.15) is 34.6 Å². The summed E-state index contributed by atoms with van der Waals surface area (Å²) in [7, 11) is 5.50. The number of rotatable bonds is 8. The van der Waals surface area contributed by atoms with Crippen molar-refractivity contribution in [2.75, 3.05) is 28.2 Å². The Morgan fingerprint density at radius 1 is 0.595 bits per heavy atom. The van der Waals surface area contributed by atoms with Crippen molar-refractivity contribution in [3.8, 4) is 0 Å². The van der Waals surface area contributed by atoms with E-state index in [1.54, 1.807) is 0 Å². The number of carbonyl (C=O) groups excluding carboxylic acids is 3. The zero-order chi connectivity index (χ0) is 31.7. The SMILES string of the molecule is CN(C)C=C1C(C)(C(=O)C2(C)C(=CN(C)C)C2(C(=O)c2ccccc2)C(F)(F)F)C1(C(=O)c1ccccc1)C(F)(F)F. The van der Waals surface area contributed by atoms with Gasteiger partial charge in [0.2, 0.25) is 0 Å². The van der Waals surface area contributed by atoms with Gasteiger partial charge in [-0.25, -0.2) is 0 Å². The average Bonchev–Trinajstić information content (AvgIpc) is 3.67. The maximum atomic E-state index is 15.2. The van der Waals surface area contributed by atoms with Gasteiger partial charge in [0.25, 0.3) is 0 Å². The Bertz CT molecular complexity index is 1380. The summed E-state index contributed by atoms with van der Waals surface area (Å²) in [6.45, 7) is 1.70. The van der Waals surface area contributed by atoms with E-state index in [0.717, 1.165) is 50.5 Å². The second-order valence-electron chi connectivity index (χ2n) is 11.5. The number of hydrogen-bond acceptors (Lipinski definition) is 5. The molecule has 4 rings (SSSR count). The third kappa shape index (κ3) is 3.81. The predicted octanol–water partition coefficient (Wildman–Crippen LogP) is 6.35. The van der Waals surface area contributed by atoms with E-state index >= 15 is 26.3 Å². The van der Waals surface area contributed by atoms with Crippen molar-refractivity contribution in [3.05, 3.63) is 95.3 Å². The van der Waals surface area contributed by atoms with Crippen LogP contribution < -0.4 is 0 Å². The van der Waals surface area contributed by atoms with Crippen LogP contribution in [-0.2, 0) is 4.79 Å². The summed E-state index contributed by atoms with van der Waals surface area (Å²) in [5, 5.41) is 0. The summed E-state index contributed by atoms with van der Waals surface area (Å²) in [4.78, 5) is 44.5. The van der Waals surface area contributed by atoms with E-state index in [1.165, 1.54) is 74.4 Å². The van der Waals surface area contributed by atoms with Crippen LogP contribution in [-0.4, -0.2) is 67.7 Å². The van der Waals surface area contributed by atoms with E-state index in [4.69, 9.17) is 0 Å². The molecule has 2 fully saturated rings. The number of Topliss-reactive ketones (excluding diaryl/α,β-unsaturated/α-hetero) is 3. The summed E-state index contributed by atoms with van der Waals surface area (Å²) >= 11 is 0. The van der Waals surface area contributed by atoms with Crippen molar-refractivity contribution < 1.29 is 40.7 Å². The molecule has 2 aromatic rings. The van der Waals surface area contributed by atoms with Gasteiger partial charge in [0, 0.05) is 51.7 Å². The summed E-state index contributed by atoms with van der Waals surface area (Å²) in [5.74, 6) is -4.44. The summed E-state index contributed by atoms with van der Waals surface area (Å²) in [6.07, 6.45) is -8.82. The Balaban J connectivity index is 2.04. The number of allylic oxidation sites excluding steroid dienone is 2. The molecule has 4 unspecified atom stereocenters. The lowest BCUT2D eigenvalue weighted by molar-refractivity contribution is -0.189. The summed E-state index contributed by atoms with van der Waals surface area (Å²) in [6, 6.07) is 13.0. The van der Waals surface area contributed by atoms with Crippen LogP contribution in [0.5, 0.6) is 0 Å². The molecule has 2 aliphatic rings. The molecule has 4 atom stereocenters. The van der Waals surface area contributed by atoms with E-state index in [0.29, 0.717) is 0 Å². The molecule has 11 heteroatoms. The molecule has 0 amide bonds. The van der Waals surface area contributed by atoms with Gasteiger partial charge in [-0.3, -0.25) is 14.4 Å². The van der Waals surface area contributed by atoms with Crippen LogP contribution in [0.2, 0.25) is 0 Å². The number of halogens is 6. The molecule has 0 heterocycles. The molecule has 0 bridgehead atoms. The monoisotopic (exact) mass is 592 g/mol. The highest BCUT2D eigenvalue weighted by Gasteiger charge is 2.96. The van der Waals surface area contributed by atoms with Gasteiger partial charge >= 0.3 is 12.4 Å². The summed E-state index contributed by atoms with van der Waals surface area (Å²) < 4.78 is 91.3. The Morgan fingerprint density at radius 2 is 0.881 bits per heavy atom. The molecule has 2 saturated carbocycles. The average molecular weight is 593 g/mol. The standard InChI is InChI=1S/C31H30F6N2O3/c1-26(21(17-38(3)4)28(26,30(32,33)34)23(40)19-13-9-7-10-14-19)25(42)27(2)22(18-39(5)6)29(27,31(35,36)37)24(41)20-15-11-8-12-16-20/h7-18H,1-6H3. The topological polar surface area (TPSA) is 57.7 Å². The van der Waals surface area contributed by atoms with E-state index in [1.807, 2.05) is 0 Å². The minimum atomic E-state index is -5.37. The molecule has 0 N–H and O–H groups in total. The molecule has 42 heavy (non-hydrogen) atoms. The first-order valence-electron chi connectivity index (χ1n) is 13.0. The molecule has 0 radical (unpaired) electrons. The van der Waals surface area contributed by atoms with Gasteiger partial charge in [-0.1, -0.05) is 60.7 Å². The van der Waals surface area contributed by atoms with E-state index in [-0.39, 0.29) is 11.1 Å². The molecule has 224 valence electrons. The van der Waals surface area contributed by atoms with Crippen LogP contribution in [0.3, 0.4) is 0 Å². The van der Waals surface area contributed by atoms with Gasteiger partial charge in [0.05, 0.1) is 10.8 Å². The lowest BCUT2D eigenvalue weighted by Gasteiger charge is -2.28. The minimum Gasteiger partial charge on any atom is -0.383 e. The zero-order valence-electron chi connectivity index (χ0n) is 23.8. The zero-order valence-corrected chi connectivity index (χ0v) is 23.8. The largest absolute Gasteiger partial charge is 0.406 e. The Hall–Kier alpha value is -3.89. The van der Waals surface area contributed by atoms with E-state index < -0.39 is 62.5 Å². The summed E-state index contributed by atoms with van der Waals surface area (Å²) in [5.41, 5.74) is -14.5. The van der Waals surface area contributed by atoms with Gasteiger partial charge in [-0.05, 0) is 25.0 Å². The normalized spacial score (nSPS) is 30.7. The fraction of sp³-hybridized carbons (Fsp3) is 0.387. The molecule has 2 aromatic carbocycles. The Morgan fingerprint density at radius 3 is 1.12 bits per heavy atom. The lowest BCUT2D eigenvalue weighted by Crippen LogP contribution is -2.45. The maximum Gasteiger partial charge on any atom is 0.406 e. The quantitative estimate of drug-likeness (QED) is 0.264. The maximum absolute atomic E-state index is 15.2. The predicted molar refractivity (Wildman–Crippen MR) is 143 cm³/mol. The Labute approximate surface area is 239 Å². The van der Waals surface area contributed by atoms with Crippen molar-refractivity contribution in [1.82, 2.24) is 9.80 Å². The molecule has 5 nitrogen and oxygen atoms in total. The fourth-order valence-electron chi connectivity index (χ4n) is 6.61. The molecule has 0 spiro atoms. The molecular weight excluding hydrogens is 562 g/mol. The Kier molecular flexibility index (Phi) is 7.08. The second kappa shape index (κ2) is 9.57. The van der Waals surface area contributed by atoms with Crippen molar-refractivity contribution in [2.45, 2.75) is 26.2 Å². The smallest absolute Gasteiger partial charge is 0.383 e. The number of nitrogens with zero attached hydrogens (tertiary/aromatic N) is 2. The van der Waals surface area contributed by atoms with Crippen molar-refractivity contribution in [3.63, 3.8) is 0 Å². The molecule has 2 aliphatic carbocycles. The van der Waals surface area contributed by atoms with Crippen LogP contribution in [0.4, 0.5) is 26.3 Å². The van der Waals surface area contributed by atoms with E-state index in [2.05, 4.69) is 0 Å². The van der Waals surface area contributed by atoms with Crippen LogP contribution in [0.25, 0.3) is 0 Å². The third-order valence-electron chi connectivity index (χ3n) is 8.55. The van der Waals surface area contributed by atoms with Crippen LogP contribution in [0, 0.1) is 21.7 Å². The second-order valence-corrected chi connectivity index (χ2v) is 11.5. The first-order valence-corrected chi connectivity index (χ1v) is 13.0. The molecule has 0 aromatic heterocycles. The number of ketones is 3. The van der Waals surface area contributed by atoms with Crippen molar-refractivity contribution in [2.24, 2.45) is 21.7 Å². The number of alkyl halides is 6. The van der Waals surface area contributed by atoms with Crippen molar-refractivity contribution >= 4 is 17.3 Å². The van der Waals surface area contributed by atoms with Gasteiger partial charge in [0.15, 0.2) is 28.2 Å². The number of benzene rings is 2. The molecule has 0 aliphatic heterocycles. The first kappa shape index (κ1) is 31.1. The van der Waals surface area contributed by atoms with E-state index in [9.17, 15) is 14.4 Å².